The number of nitrogens with one attached hydrogen (secondary N) is 1. The van der Waals surface area contributed by atoms with Gasteiger partial charge in [-0.05, 0) is 58.7 Å². The van der Waals surface area contributed by atoms with Crippen molar-refractivity contribution in [1.82, 2.24) is 5.32 Å². The lowest BCUT2D eigenvalue weighted by Gasteiger charge is -2.18. The third kappa shape index (κ3) is 3.57. The quantitative estimate of drug-likeness (QED) is 0.806. The minimum Gasteiger partial charge on any atom is -0.497 e. The minimum absolute atomic E-state index is 0.0698. The molecule has 1 N–H and O–H groups in total. The molecule has 20 heavy (non-hydrogen) atoms. The fraction of sp³-hybridized carbons (Fsp3) is 0.333. The lowest BCUT2D eigenvalue weighted by molar-refractivity contribution is 0.413. The summed E-state index contributed by atoms with van der Waals surface area (Å²) in [6.45, 7) is 3.00. The van der Waals surface area contributed by atoms with Crippen LogP contribution in [0, 0.1) is 0 Å². The average Bonchev–Trinajstić information content (AvgIpc) is 2.87. The summed E-state index contributed by atoms with van der Waals surface area (Å²) in [5, 5.41) is 4.11. The van der Waals surface area contributed by atoms with Gasteiger partial charge < -0.3 is 14.5 Å². The van der Waals surface area contributed by atoms with Gasteiger partial charge in [0.25, 0.3) is 0 Å². The number of benzene rings is 1. The van der Waals surface area contributed by atoms with Crippen molar-refractivity contribution < 1.29 is 9.15 Å². The fourth-order valence-corrected chi connectivity index (χ4v) is 2.60. The van der Waals surface area contributed by atoms with Gasteiger partial charge in [-0.1, -0.05) is 24.6 Å². The molecule has 108 valence electrons. The summed E-state index contributed by atoms with van der Waals surface area (Å²) in [7, 11) is 1.63. The molecular weight excluding hydrogens is 342 g/mol. The molecule has 0 spiro atoms. The van der Waals surface area contributed by atoms with Crippen molar-refractivity contribution in [3.8, 4) is 5.75 Å². The molecule has 1 aromatic heterocycles. The highest BCUT2D eigenvalue weighted by atomic mass is 79.9. The predicted octanol–water partition coefficient (Wildman–Crippen LogP) is 4.79. The summed E-state index contributed by atoms with van der Waals surface area (Å²) in [5.41, 5.74) is 0.975. The second kappa shape index (κ2) is 7.16. The van der Waals surface area contributed by atoms with Gasteiger partial charge in [-0.15, -0.1) is 0 Å². The lowest BCUT2D eigenvalue weighted by atomic mass is 10.0. The van der Waals surface area contributed by atoms with Crippen LogP contribution in [-0.4, -0.2) is 13.7 Å². The summed E-state index contributed by atoms with van der Waals surface area (Å²) in [6.07, 6.45) is 1.03. The standard InChI is InChI=1S/C15H17BrClNO2/c1-3-8-18-15(13-6-7-14(16)20-13)11-5-4-10(19-2)9-12(11)17/h4-7,9,15,18H,3,8H2,1-2H3. The van der Waals surface area contributed by atoms with Crippen LogP contribution < -0.4 is 10.1 Å². The SMILES string of the molecule is CCCNC(c1ccc(Br)o1)c1ccc(OC)cc1Cl. The third-order valence-electron chi connectivity index (χ3n) is 3.00. The van der Waals surface area contributed by atoms with E-state index in [-0.39, 0.29) is 6.04 Å². The summed E-state index contributed by atoms with van der Waals surface area (Å²) >= 11 is 9.70. The molecule has 2 aromatic rings. The van der Waals surface area contributed by atoms with Crippen LogP contribution in [-0.2, 0) is 0 Å². The van der Waals surface area contributed by atoms with E-state index in [4.69, 9.17) is 20.8 Å². The highest BCUT2D eigenvalue weighted by Crippen LogP contribution is 2.32. The van der Waals surface area contributed by atoms with Crippen LogP contribution in [0.3, 0.4) is 0 Å². The van der Waals surface area contributed by atoms with Gasteiger partial charge in [-0.25, -0.2) is 0 Å². The summed E-state index contributed by atoms with van der Waals surface area (Å²) in [5.74, 6) is 1.58. The molecule has 0 radical (unpaired) electrons. The van der Waals surface area contributed by atoms with Crippen molar-refractivity contribution in [3.63, 3.8) is 0 Å². The van der Waals surface area contributed by atoms with E-state index in [1.54, 1.807) is 7.11 Å². The second-order valence-electron chi connectivity index (χ2n) is 4.42. The molecule has 0 fully saturated rings. The Hall–Kier alpha value is -0.970. The number of hydrogen-bond donors (Lipinski definition) is 1. The number of rotatable bonds is 6. The molecule has 0 aliphatic rings. The molecule has 3 nitrogen and oxygen atoms in total. The molecule has 5 heteroatoms. The van der Waals surface area contributed by atoms with Gasteiger partial charge >= 0.3 is 0 Å². The molecule has 0 saturated heterocycles. The Morgan fingerprint density at radius 1 is 1.35 bits per heavy atom. The topological polar surface area (TPSA) is 34.4 Å². The van der Waals surface area contributed by atoms with Gasteiger partial charge in [-0.2, -0.15) is 0 Å². The third-order valence-corrected chi connectivity index (χ3v) is 3.75. The molecule has 0 saturated carbocycles. The number of furan rings is 1. The van der Waals surface area contributed by atoms with E-state index in [0.717, 1.165) is 30.0 Å². The normalized spacial score (nSPS) is 12.4. The van der Waals surface area contributed by atoms with E-state index in [9.17, 15) is 0 Å². The maximum atomic E-state index is 6.37. The number of hydrogen-bond acceptors (Lipinski definition) is 3. The number of halogens is 2. The van der Waals surface area contributed by atoms with E-state index < -0.39 is 0 Å². The maximum absolute atomic E-state index is 6.37. The minimum atomic E-state index is -0.0698. The molecule has 1 atom stereocenters. The number of ether oxygens (including phenoxy) is 1. The molecule has 1 aromatic carbocycles. The molecular formula is C15H17BrClNO2. The first kappa shape index (κ1) is 15.4. The highest BCUT2D eigenvalue weighted by molar-refractivity contribution is 9.10. The van der Waals surface area contributed by atoms with E-state index >= 15 is 0 Å². The predicted molar refractivity (Wildman–Crippen MR) is 84.5 cm³/mol. The van der Waals surface area contributed by atoms with Gasteiger partial charge in [0.2, 0.25) is 0 Å². The van der Waals surface area contributed by atoms with Crippen LogP contribution >= 0.6 is 27.5 Å². The van der Waals surface area contributed by atoms with Crippen LogP contribution in [0.1, 0.15) is 30.7 Å². The van der Waals surface area contributed by atoms with Crippen LogP contribution in [0.15, 0.2) is 39.4 Å². The monoisotopic (exact) mass is 357 g/mol. The van der Waals surface area contributed by atoms with Crippen LogP contribution in [0.2, 0.25) is 5.02 Å². The first-order valence-corrected chi connectivity index (χ1v) is 7.64. The molecule has 1 unspecified atom stereocenters. The Kier molecular flexibility index (Phi) is 5.52. The summed E-state index contributed by atoms with van der Waals surface area (Å²) in [4.78, 5) is 0. The zero-order valence-electron chi connectivity index (χ0n) is 11.5. The summed E-state index contributed by atoms with van der Waals surface area (Å²) in [6, 6.07) is 9.44. The Balaban J connectivity index is 2.35. The van der Waals surface area contributed by atoms with Gasteiger partial charge in [0.15, 0.2) is 4.67 Å². The maximum Gasteiger partial charge on any atom is 0.169 e. The van der Waals surface area contributed by atoms with Crippen molar-refractivity contribution in [1.29, 1.82) is 0 Å². The Morgan fingerprint density at radius 2 is 2.15 bits per heavy atom. The van der Waals surface area contributed by atoms with E-state index in [1.165, 1.54) is 0 Å². The van der Waals surface area contributed by atoms with Crippen molar-refractivity contribution in [2.75, 3.05) is 13.7 Å². The first-order chi connectivity index (χ1) is 9.65. The summed E-state index contributed by atoms with van der Waals surface area (Å²) < 4.78 is 11.6. The highest BCUT2D eigenvalue weighted by Gasteiger charge is 2.20. The van der Waals surface area contributed by atoms with E-state index in [1.807, 2.05) is 30.3 Å². The smallest absolute Gasteiger partial charge is 0.169 e. The van der Waals surface area contributed by atoms with Gasteiger partial charge in [0.1, 0.15) is 11.5 Å². The van der Waals surface area contributed by atoms with Crippen molar-refractivity contribution in [2.24, 2.45) is 0 Å². The molecule has 0 aliphatic carbocycles. The van der Waals surface area contributed by atoms with Crippen molar-refractivity contribution in [3.05, 3.63) is 51.3 Å². The van der Waals surface area contributed by atoms with Crippen molar-refractivity contribution >= 4 is 27.5 Å². The van der Waals surface area contributed by atoms with Gasteiger partial charge in [0.05, 0.1) is 13.2 Å². The zero-order chi connectivity index (χ0) is 14.5. The molecule has 0 aliphatic heterocycles. The van der Waals surface area contributed by atoms with Gasteiger partial charge in [0, 0.05) is 5.02 Å². The number of methoxy groups -OCH3 is 1. The van der Waals surface area contributed by atoms with E-state index in [2.05, 4.69) is 28.2 Å². The molecule has 2 rings (SSSR count). The van der Waals surface area contributed by atoms with Gasteiger partial charge in [-0.3, -0.25) is 0 Å². The lowest BCUT2D eigenvalue weighted by Crippen LogP contribution is -2.23. The molecule has 0 bridgehead atoms. The largest absolute Gasteiger partial charge is 0.497 e. The van der Waals surface area contributed by atoms with Crippen LogP contribution in [0.4, 0.5) is 0 Å². The van der Waals surface area contributed by atoms with Crippen LogP contribution in [0.25, 0.3) is 0 Å². The molecule has 1 heterocycles. The second-order valence-corrected chi connectivity index (χ2v) is 5.61. The fourth-order valence-electron chi connectivity index (χ4n) is 2.00. The molecule has 0 amide bonds. The average molecular weight is 359 g/mol. The zero-order valence-corrected chi connectivity index (χ0v) is 13.8. The van der Waals surface area contributed by atoms with Crippen LogP contribution in [0.5, 0.6) is 5.75 Å². The Bertz CT molecular complexity index is 571. The Morgan fingerprint density at radius 3 is 2.70 bits per heavy atom. The van der Waals surface area contributed by atoms with E-state index in [0.29, 0.717) is 9.69 Å². The first-order valence-electron chi connectivity index (χ1n) is 6.47. The van der Waals surface area contributed by atoms with Crippen molar-refractivity contribution in [2.45, 2.75) is 19.4 Å². The Labute approximate surface area is 132 Å².